The molecule has 29 heavy (non-hydrogen) atoms. The highest BCUT2D eigenvalue weighted by molar-refractivity contribution is 5.96. The number of ether oxygens (including phenoxy) is 1. The standard InChI is InChI=1S/C20H24F2N4O3/c1-4-5-18(27)26-17-9-14(6-7-23-17)19(28)25-13(3)15-8-12(2)20(24-10-15)29-11-16(21)22/h6-10,13,16H,4-5,11H2,1-3H3,(H,25,28)(H,23,26,27). The Bertz CT molecular complexity index is 861. The lowest BCUT2D eigenvalue weighted by Gasteiger charge is -2.16. The van der Waals surface area contributed by atoms with Gasteiger partial charge in [0.1, 0.15) is 5.82 Å². The van der Waals surface area contributed by atoms with Crippen LogP contribution in [0.1, 0.15) is 54.2 Å². The van der Waals surface area contributed by atoms with E-state index in [1.807, 2.05) is 6.92 Å². The summed E-state index contributed by atoms with van der Waals surface area (Å²) in [4.78, 5) is 32.3. The molecule has 2 heterocycles. The van der Waals surface area contributed by atoms with E-state index in [9.17, 15) is 18.4 Å². The molecule has 2 N–H and O–H groups in total. The Kier molecular flexibility index (Phi) is 7.99. The van der Waals surface area contributed by atoms with Gasteiger partial charge in [-0.15, -0.1) is 0 Å². The number of alkyl halides is 2. The minimum atomic E-state index is -2.58. The Morgan fingerprint density at radius 2 is 2.00 bits per heavy atom. The normalized spacial score (nSPS) is 11.8. The SMILES string of the molecule is CCCC(=O)Nc1cc(C(=O)NC(C)c2cnc(OCC(F)F)c(C)c2)ccn1. The molecule has 1 unspecified atom stereocenters. The number of amides is 2. The molecule has 2 aromatic heterocycles. The maximum absolute atomic E-state index is 12.5. The fourth-order valence-electron chi connectivity index (χ4n) is 2.55. The number of hydrogen-bond donors (Lipinski definition) is 2. The van der Waals surface area contributed by atoms with Crippen LogP contribution in [0.4, 0.5) is 14.6 Å². The summed E-state index contributed by atoms with van der Waals surface area (Å²) in [7, 11) is 0. The number of hydrogen-bond acceptors (Lipinski definition) is 5. The maximum atomic E-state index is 12.5. The van der Waals surface area contributed by atoms with E-state index in [4.69, 9.17) is 4.74 Å². The summed E-state index contributed by atoms with van der Waals surface area (Å²) in [6.07, 6.45) is 1.43. The van der Waals surface area contributed by atoms with Gasteiger partial charge in [0.05, 0.1) is 6.04 Å². The molecule has 2 rings (SSSR count). The van der Waals surface area contributed by atoms with Crippen molar-refractivity contribution in [2.45, 2.75) is 46.1 Å². The molecule has 0 aromatic carbocycles. The second kappa shape index (κ2) is 10.4. The first kappa shape index (κ1) is 22.2. The van der Waals surface area contributed by atoms with Crippen molar-refractivity contribution in [3.63, 3.8) is 0 Å². The van der Waals surface area contributed by atoms with E-state index in [-0.39, 0.29) is 23.7 Å². The first-order chi connectivity index (χ1) is 13.8. The Labute approximate surface area is 167 Å². The van der Waals surface area contributed by atoms with E-state index in [1.54, 1.807) is 26.0 Å². The predicted octanol–water partition coefficient (Wildman–Crippen LogP) is 3.66. The molecular weight excluding hydrogens is 382 g/mol. The monoisotopic (exact) mass is 406 g/mol. The minimum absolute atomic E-state index is 0.133. The lowest BCUT2D eigenvalue weighted by atomic mass is 10.1. The summed E-state index contributed by atoms with van der Waals surface area (Å²) >= 11 is 0. The van der Waals surface area contributed by atoms with E-state index in [2.05, 4.69) is 20.6 Å². The van der Waals surface area contributed by atoms with E-state index in [0.29, 0.717) is 35.3 Å². The van der Waals surface area contributed by atoms with Crippen LogP contribution in [0.5, 0.6) is 5.88 Å². The number of pyridine rings is 2. The van der Waals surface area contributed by atoms with Crippen LogP contribution in [0.25, 0.3) is 0 Å². The molecular formula is C20H24F2N4O3. The molecule has 0 aliphatic carbocycles. The van der Waals surface area contributed by atoms with Crippen LogP contribution in [0.15, 0.2) is 30.6 Å². The van der Waals surface area contributed by atoms with Crippen molar-refractivity contribution in [1.82, 2.24) is 15.3 Å². The van der Waals surface area contributed by atoms with Gasteiger partial charge < -0.3 is 15.4 Å². The number of carbonyl (C=O) groups excluding carboxylic acids is 2. The average Bonchev–Trinajstić information content (AvgIpc) is 2.67. The van der Waals surface area contributed by atoms with Crippen LogP contribution < -0.4 is 15.4 Å². The van der Waals surface area contributed by atoms with Gasteiger partial charge in [-0.05, 0) is 44.0 Å². The molecule has 0 fully saturated rings. The van der Waals surface area contributed by atoms with Gasteiger partial charge in [0.15, 0.2) is 6.61 Å². The van der Waals surface area contributed by atoms with Crippen molar-refractivity contribution in [3.05, 3.63) is 47.3 Å². The minimum Gasteiger partial charge on any atom is -0.471 e. The van der Waals surface area contributed by atoms with E-state index in [0.717, 1.165) is 0 Å². The smallest absolute Gasteiger partial charge is 0.272 e. The molecule has 0 radical (unpaired) electrons. The van der Waals surface area contributed by atoms with Crippen LogP contribution in [-0.4, -0.2) is 34.8 Å². The Hall–Kier alpha value is -3.10. The summed E-state index contributed by atoms with van der Waals surface area (Å²) in [5.41, 5.74) is 1.64. The number of carbonyl (C=O) groups is 2. The summed E-state index contributed by atoms with van der Waals surface area (Å²) in [6.45, 7) is 4.64. The van der Waals surface area contributed by atoms with Crippen LogP contribution >= 0.6 is 0 Å². The predicted molar refractivity (Wildman–Crippen MR) is 104 cm³/mol. The van der Waals surface area contributed by atoms with Crippen LogP contribution in [0.2, 0.25) is 0 Å². The van der Waals surface area contributed by atoms with Gasteiger partial charge in [0, 0.05) is 29.9 Å². The van der Waals surface area contributed by atoms with Gasteiger partial charge in [-0.1, -0.05) is 6.92 Å². The third kappa shape index (κ3) is 6.78. The van der Waals surface area contributed by atoms with Crippen LogP contribution in [-0.2, 0) is 4.79 Å². The zero-order valence-corrected chi connectivity index (χ0v) is 16.5. The fourth-order valence-corrected chi connectivity index (χ4v) is 2.55. The summed E-state index contributed by atoms with van der Waals surface area (Å²) in [6, 6.07) is 4.38. The molecule has 9 heteroatoms. The van der Waals surface area contributed by atoms with Crippen molar-refractivity contribution < 1.29 is 23.1 Å². The van der Waals surface area contributed by atoms with Gasteiger partial charge in [0.2, 0.25) is 11.8 Å². The third-order valence-electron chi connectivity index (χ3n) is 4.01. The van der Waals surface area contributed by atoms with Crippen molar-refractivity contribution >= 4 is 17.6 Å². The molecule has 0 spiro atoms. The Morgan fingerprint density at radius 3 is 2.66 bits per heavy atom. The second-order valence-electron chi connectivity index (χ2n) is 6.52. The highest BCUT2D eigenvalue weighted by Gasteiger charge is 2.15. The number of nitrogens with zero attached hydrogens (tertiary/aromatic N) is 2. The average molecular weight is 406 g/mol. The van der Waals surface area contributed by atoms with Crippen molar-refractivity contribution in [2.24, 2.45) is 0 Å². The van der Waals surface area contributed by atoms with Crippen molar-refractivity contribution in [2.75, 3.05) is 11.9 Å². The number of anilines is 1. The summed E-state index contributed by atoms with van der Waals surface area (Å²) < 4.78 is 29.5. The summed E-state index contributed by atoms with van der Waals surface area (Å²) in [5, 5.41) is 5.48. The van der Waals surface area contributed by atoms with E-state index < -0.39 is 13.0 Å². The van der Waals surface area contributed by atoms with E-state index in [1.165, 1.54) is 18.5 Å². The van der Waals surface area contributed by atoms with Crippen LogP contribution in [0, 0.1) is 6.92 Å². The van der Waals surface area contributed by atoms with Crippen LogP contribution in [0.3, 0.4) is 0 Å². The molecule has 1 atom stereocenters. The van der Waals surface area contributed by atoms with Gasteiger partial charge in [-0.3, -0.25) is 9.59 Å². The van der Waals surface area contributed by atoms with Crippen molar-refractivity contribution in [3.8, 4) is 5.88 Å². The number of aromatic nitrogens is 2. The molecule has 7 nitrogen and oxygen atoms in total. The van der Waals surface area contributed by atoms with E-state index >= 15 is 0 Å². The number of rotatable bonds is 9. The topological polar surface area (TPSA) is 93.2 Å². The number of halogens is 2. The summed E-state index contributed by atoms with van der Waals surface area (Å²) in [5.74, 6) is -0.0702. The molecule has 156 valence electrons. The quantitative estimate of drug-likeness (QED) is 0.663. The number of nitrogens with one attached hydrogen (secondary N) is 2. The van der Waals surface area contributed by atoms with Gasteiger partial charge in [0.25, 0.3) is 12.3 Å². The third-order valence-corrected chi connectivity index (χ3v) is 4.01. The molecule has 0 aliphatic heterocycles. The molecule has 0 saturated heterocycles. The zero-order valence-electron chi connectivity index (χ0n) is 16.5. The molecule has 0 aliphatic rings. The lowest BCUT2D eigenvalue weighted by molar-refractivity contribution is -0.116. The fraction of sp³-hybridized carbons (Fsp3) is 0.400. The van der Waals surface area contributed by atoms with Gasteiger partial charge >= 0.3 is 0 Å². The Morgan fingerprint density at radius 1 is 1.24 bits per heavy atom. The number of aryl methyl sites for hydroxylation is 1. The molecule has 2 aromatic rings. The van der Waals surface area contributed by atoms with Gasteiger partial charge in [-0.25, -0.2) is 18.7 Å². The lowest BCUT2D eigenvalue weighted by Crippen LogP contribution is -2.27. The zero-order chi connectivity index (χ0) is 21.4. The highest BCUT2D eigenvalue weighted by Crippen LogP contribution is 2.21. The second-order valence-corrected chi connectivity index (χ2v) is 6.52. The first-order valence-corrected chi connectivity index (χ1v) is 9.24. The molecule has 0 saturated carbocycles. The largest absolute Gasteiger partial charge is 0.471 e. The first-order valence-electron chi connectivity index (χ1n) is 9.24. The van der Waals surface area contributed by atoms with Crippen molar-refractivity contribution in [1.29, 1.82) is 0 Å². The highest BCUT2D eigenvalue weighted by atomic mass is 19.3. The molecule has 2 amide bonds. The van der Waals surface area contributed by atoms with Gasteiger partial charge in [-0.2, -0.15) is 0 Å². The maximum Gasteiger partial charge on any atom is 0.272 e. The molecule has 0 bridgehead atoms. The Balaban J connectivity index is 2.03.